The number of nitrogens with zero attached hydrogens (tertiary/aromatic N) is 3. The van der Waals surface area contributed by atoms with Crippen molar-refractivity contribution in [1.29, 1.82) is 0 Å². The second-order valence-corrected chi connectivity index (χ2v) is 12.2. The maximum absolute atomic E-state index is 14.9. The number of anilines is 3. The molecule has 0 saturated carbocycles. The SMILES string of the molecule is CC(C)(C)OC(=O)NC1CCCN(c2ccncc2NC(=O)c2nc(B3OC(C)(C)C(C)(C)O3)c(F)cc2N)C1. The molecule has 4 N–H and O–H groups in total. The fourth-order valence-electron chi connectivity index (χ4n) is 4.55. The Bertz CT molecular complexity index is 1270. The van der Waals surface area contributed by atoms with E-state index in [2.05, 4.69) is 25.5 Å². The first-order valence-corrected chi connectivity index (χ1v) is 13.4. The lowest BCUT2D eigenvalue weighted by Gasteiger charge is -2.35. The van der Waals surface area contributed by atoms with E-state index in [0.717, 1.165) is 18.9 Å². The minimum Gasteiger partial charge on any atom is -0.444 e. The number of hydrogen-bond donors (Lipinski definition) is 3. The quantitative estimate of drug-likeness (QED) is 0.474. The number of aromatic nitrogens is 2. The summed E-state index contributed by atoms with van der Waals surface area (Å²) in [6.07, 6.45) is 4.28. The van der Waals surface area contributed by atoms with Crippen LogP contribution in [0.2, 0.25) is 0 Å². The Morgan fingerprint density at radius 1 is 1.23 bits per heavy atom. The van der Waals surface area contributed by atoms with E-state index < -0.39 is 41.7 Å². The van der Waals surface area contributed by atoms with Gasteiger partial charge in [-0.3, -0.25) is 9.78 Å². The largest absolute Gasteiger partial charge is 0.517 e. The van der Waals surface area contributed by atoms with E-state index >= 15 is 0 Å². The number of nitrogen functional groups attached to an aromatic ring is 1. The zero-order valence-corrected chi connectivity index (χ0v) is 24.1. The molecular formula is C27H38BFN6O5. The average molecular weight is 556 g/mol. The molecule has 4 rings (SSSR count). The van der Waals surface area contributed by atoms with Crippen molar-refractivity contribution in [2.75, 3.05) is 29.0 Å². The summed E-state index contributed by atoms with van der Waals surface area (Å²) >= 11 is 0. The predicted octanol–water partition coefficient (Wildman–Crippen LogP) is 3.24. The molecule has 2 aromatic heterocycles. The second-order valence-electron chi connectivity index (χ2n) is 12.2. The van der Waals surface area contributed by atoms with Crippen LogP contribution in [0.3, 0.4) is 0 Å². The van der Waals surface area contributed by atoms with Crippen LogP contribution in [0.1, 0.15) is 71.8 Å². The van der Waals surface area contributed by atoms with Gasteiger partial charge in [0, 0.05) is 31.4 Å². The Kier molecular flexibility index (Phi) is 8.01. The first kappa shape index (κ1) is 29.5. The molecule has 40 heavy (non-hydrogen) atoms. The van der Waals surface area contributed by atoms with Gasteiger partial charge >= 0.3 is 13.2 Å². The van der Waals surface area contributed by atoms with Crippen molar-refractivity contribution in [3.63, 3.8) is 0 Å². The number of nitrogens with one attached hydrogen (secondary N) is 2. The average Bonchev–Trinajstić information content (AvgIpc) is 3.04. The Balaban J connectivity index is 1.52. The van der Waals surface area contributed by atoms with Crippen LogP contribution in [-0.2, 0) is 14.0 Å². The van der Waals surface area contributed by atoms with Crippen LogP contribution in [0, 0.1) is 5.82 Å². The van der Waals surface area contributed by atoms with Gasteiger partial charge in [0.25, 0.3) is 5.91 Å². The van der Waals surface area contributed by atoms with Crippen molar-refractivity contribution >= 4 is 41.8 Å². The number of halogens is 1. The molecule has 0 radical (unpaired) electrons. The predicted molar refractivity (Wildman–Crippen MR) is 151 cm³/mol. The third-order valence-corrected chi connectivity index (χ3v) is 7.25. The number of alkyl carbamates (subject to hydrolysis) is 1. The molecule has 11 nitrogen and oxygen atoms in total. The van der Waals surface area contributed by atoms with E-state index in [0.29, 0.717) is 24.5 Å². The maximum Gasteiger partial charge on any atom is 0.517 e. The lowest BCUT2D eigenvalue weighted by atomic mass is 9.83. The summed E-state index contributed by atoms with van der Waals surface area (Å²) in [6, 6.07) is 2.68. The Hall–Kier alpha value is -3.45. The number of carbonyl (C=O) groups excluding carboxylic acids is 2. The minimum atomic E-state index is -1.10. The summed E-state index contributed by atoms with van der Waals surface area (Å²) in [6.45, 7) is 14.0. The molecule has 216 valence electrons. The molecule has 0 spiro atoms. The first-order valence-electron chi connectivity index (χ1n) is 13.4. The van der Waals surface area contributed by atoms with E-state index in [1.807, 2.05) is 48.5 Å². The van der Waals surface area contributed by atoms with Crippen LogP contribution in [0.4, 0.5) is 26.2 Å². The van der Waals surface area contributed by atoms with Crippen molar-refractivity contribution in [2.24, 2.45) is 0 Å². The van der Waals surface area contributed by atoms with Crippen LogP contribution in [0.15, 0.2) is 24.5 Å². The molecule has 2 saturated heterocycles. The van der Waals surface area contributed by atoms with Crippen LogP contribution < -0.4 is 26.9 Å². The van der Waals surface area contributed by atoms with Crippen LogP contribution in [0.5, 0.6) is 0 Å². The molecule has 0 bridgehead atoms. The summed E-state index contributed by atoms with van der Waals surface area (Å²) in [5.41, 5.74) is 4.68. The molecular weight excluding hydrogens is 518 g/mol. The van der Waals surface area contributed by atoms with E-state index in [1.165, 1.54) is 6.20 Å². The fourth-order valence-corrected chi connectivity index (χ4v) is 4.55. The van der Waals surface area contributed by atoms with Gasteiger partial charge in [0.05, 0.1) is 34.5 Å². The van der Waals surface area contributed by atoms with Gasteiger partial charge in [-0.15, -0.1) is 0 Å². The van der Waals surface area contributed by atoms with E-state index in [9.17, 15) is 14.0 Å². The molecule has 2 fully saturated rings. The lowest BCUT2D eigenvalue weighted by Crippen LogP contribution is -2.49. The van der Waals surface area contributed by atoms with Crippen LogP contribution in [-0.4, -0.2) is 65.0 Å². The van der Waals surface area contributed by atoms with Gasteiger partial charge in [0.15, 0.2) is 5.69 Å². The number of nitrogens with two attached hydrogens (primary N) is 1. The smallest absolute Gasteiger partial charge is 0.444 e. The van der Waals surface area contributed by atoms with E-state index in [1.54, 1.807) is 12.3 Å². The summed E-state index contributed by atoms with van der Waals surface area (Å²) in [4.78, 5) is 36.1. The maximum atomic E-state index is 14.9. The van der Waals surface area contributed by atoms with Crippen molar-refractivity contribution in [1.82, 2.24) is 15.3 Å². The third-order valence-electron chi connectivity index (χ3n) is 7.25. The zero-order valence-electron chi connectivity index (χ0n) is 24.1. The molecule has 2 aliphatic heterocycles. The summed E-state index contributed by atoms with van der Waals surface area (Å²) in [5.74, 6) is -1.36. The van der Waals surface area contributed by atoms with Gasteiger partial charge in [-0.05, 0) is 67.4 Å². The second kappa shape index (κ2) is 10.8. The molecule has 1 unspecified atom stereocenters. The zero-order chi connectivity index (χ0) is 29.5. The number of amides is 2. The summed E-state index contributed by atoms with van der Waals surface area (Å²) in [5, 5.41) is 5.75. The Morgan fingerprint density at radius 2 is 1.90 bits per heavy atom. The number of hydrogen-bond acceptors (Lipinski definition) is 9. The minimum absolute atomic E-state index is 0.125. The van der Waals surface area contributed by atoms with Crippen molar-refractivity contribution < 1.29 is 28.0 Å². The van der Waals surface area contributed by atoms with Gasteiger partial charge in [-0.25, -0.2) is 14.2 Å². The molecule has 2 amide bonds. The summed E-state index contributed by atoms with van der Waals surface area (Å²) in [7, 11) is -1.10. The van der Waals surface area contributed by atoms with Gasteiger partial charge in [-0.2, -0.15) is 0 Å². The number of carbonyl (C=O) groups is 2. The highest BCUT2D eigenvalue weighted by Crippen LogP contribution is 2.36. The monoisotopic (exact) mass is 556 g/mol. The van der Waals surface area contributed by atoms with Crippen molar-refractivity contribution in [3.05, 3.63) is 36.0 Å². The van der Waals surface area contributed by atoms with E-state index in [4.69, 9.17) is 19.8 Å². The lowest BCUT2D eigenvalue weighted by molar-refractivity contribution is 0.00578. The third kappa shape index (κ3) is 6.47. The van der Waals surface area contributed by atoms with Crippen molar-refractivity contribution in [3.8, 4) is 0 Å². The highest BCUT2D eigenvalue weighted by molar-refractivity contribution is 6.61. The Labute approximate surface area is 234 Å². The van der Waals surface area contributed by atoms with Gasteiger partial charge in [-0.1, -0.05) is 0 Å². The van der Waals surface area contributed by atoms with Crippen molar-refractivity contribution in [2.45, 2.75) is 84.2 Å². The highest BCUT2D eigenvalue weighted by Gasteiger charge is 2.53. The first-order chi connectivity index (χ1) is 18.6. The topological polar surface area (TPSA) is 141 Å². The molecule has 0 aliphatic carbocycles. The van der Waals surface area contributed by atoms with Crippen LogP contribution >= 0.6 is 0 Å². The highest BCUT2D eigenvalue weighted by atomic mass is 19.1. The number of rotatable bonds is 5. The Morgan fingerprint density at radius 3 is 2.55 bits per heavy atom. The molecule has 0 aromatic carbocycles. The number of piperidine rings is 1. The molecule has 2 aromatic rings. The van der Waals surface area contributed by atoms with E-state index in [-0.39, 0.29) is 23.0 Å². The van der Waals surface area contributed by atoms with Gasteiger partial charge < -0.3 is 35.3 Å². The number of ether oxygens (including phenoxy) is 1. The summed E-state index contributed by atoms with van der Waals surface area (Å²) < 4.78 is 32.2. The molecule has 2 aliphatic rings. The normalized spacial score (nSPS) is 20.2. The molecule has 13 heteroatoms. The van der Waals surface area contributed by atoms with Crippen LogP contribution in [0.25, 0.3) is 0 Å². The molecule has 4 heterocycles. The molecule has 1 atom stereocenters. The van der Waals surface area contributed by atoms with Gasteiger partial charge in [0.2, 0.25) is 0 Å². The van der Waals surface area contributed by atoms with Gasteiger partial charge in [0.1, 0.15) is 17.0 Å². The number of pyridine rings is 2. The fraction of sp³-hybridized carbons (Fsp3) is 0.556. The standard InChI is InChI=1S/C27H38BFN6O5/c1-25(2,3)38-24(37)32-16-9-8-12-35(15-16)20-10-11-31-14-19(20)33-23(36)21-18(30)13-17(29)22(34-21)28-39-26(4,5)27(6,7)40-28/h10-11,13-14,16H,8-9,12,15,30H2,1-7H3,(H,32,37)(H,33,36).